The Bertz CT molecular complexity index is 1920. The minimum absolute atomic E-state index is 0.105. The Labute approximate surface area is 600 Å². The standard InChI is InChI=1S/C79H154O17P2/c1-9-71(7)57-49-41-33-27-23-24-30-36-46-54-62-79(84)96-75(66-90-77(82)60-52-44-38-37-42-50-58-72(8)10-2)68-94-98(87,88)92-64-73(80)63-91-97(85,86)93-67-74(95-78(83)61-53-45-35-29-22-18-17-20-26-32-40-48-56-70(5)6)65-89-76(81)59-51-43-34-28-21-16-14-12-11-13-15-19-25-31-39-47-55-69(3)4/h69-75,80H,9-68H2,1-8H3,(H,85,86)(H,87,88)/t71?,72?,73-,74-,75-/m1/s1. The second-order valence-electron chi connectivity index (χ2n) is 29.9. The van der Waals surface area contributed by atoms with Gasteiger partial charge in [0.05, 0.1) is 26.4 Å². The quantitative estimate of drug-likeness (QED) is 0.0222. The average Bonchev–Trinajstić information content (AvgIpc) is 0.958. The first kappa shape index (κ1) is 96.1. The zero-order valence-corrected chi connectivity index (χ0v) is 66.2. The molecule has 0 amide bonds. The molecule has 0 aromatic rings. The van der Waals surface area contributed by atoms with Crippen molar-refractivity contribution in [3.63, 3.8) is 0 Å². The molecule has 0 radical (unpaired) electrons. The van der Waals surface area contributed by atoms with E-state index < -0.39 is 97.5 Å². The van der Waals surface area contributed by atoms with Crippen molar-refractivity contribution < 1.29 is 80.2 Å². The lowest BCUT2D eigenvalue weighted by molar-refractivity contribution is -0.161. The summed E-state index contributed by atoms with van der Waals surface area (Å²) in [5, 5.41) is 10.6. The first-order valence-corrected chi connectivity index (χ1v) is 43.8. The van der Waals surface area contributed by atoms with Gasteiger partial charge in [-0.1, -0.05) is 351 Å². The topological polar surface area (TPSA) is 237 Å². The third kappa shape index (κ3) is 69.8. The van der Waals surface area contributed by atoms with Crippen molar-refractivity contribution in [3.05, 3.63) is 0 Å². The number of aliphatic hydroxyl groups is 1. The maximum Gasteiger partial charge on any atom is 0.472 e. The number of aliphatic hydroxyl groups excluding tert-OH is 1. The van der Waals surface area contributed by atoms with Gasteiger partial charge in [0, 0.05) is 25.7 Å². The Hall–Kier alpha value is -1.94. The molecule has 3 N–H and O–H groups in total. The van der Waals surface area contributed by atoms with E-state index in [4.69, 9.17) is 37.0 Å². The number of carbonyl (C=O) groups excluding carboxylic acids is 4. The van der Waals surface area contributed by atoms with Gasteiger partial charge in [0.15, 0.2) is 12.2 Å². The molecule has 19 heteroatoms. The van der Waals surface area contributed by atoms with E-state index in [2.05, 4.69) is 55.4 Å². The van der Waals surface area contributed by atoms with E-state index in [1.807, 2.05) is 0 Å². The summed E-state index contributed by atoms with van der Waals surface area (Å²) in [4.78, 5) is 72.9. The zero-order valence-electron chi connectivity index (χ0n) is 64.4. The first-order chi connectivity index (χ1) is 47.2. The van der Waals surface area contributed by atoms with Gasteiger partial charge in [0.1, 0.15) is 19.3 Å². The van der Waals surface area contributed by atoms with Gasteiger partial charge in [0.25, 0.3) is 0 Å². The van der Waals surface area contributed by atoms with Crippen LogP contribution in [-0.4, -0.2) is 96.7 Å². The summed E-state index contributed by atoms with van der Waals surface area (Å²) in [6, 6.07) is 0. The maximum absolute atomic E-state index is 13.1. The van der Waals surface area contributed by atoms with Crippen LogP contribution < -0.4 is 0 Å². The van der Waals surface area contributed by atoms with Gasteiger partial charge in [-0.3, -0.25) is 37.3 Å². The van der Waals surface area contributed by atoms with Gasteiger partial charge in [-0.05, 0) is 49.4 Å². The lowest BCUT2D eigenvalue weighted by Gasteiger charge is -2.21. The minimum Gasteiger partial charge on any atom is -0.462 e. The van der Waals surface area contributed by atoms with Crippen LogP contribution in [0.5, 0.6) is 0 Å². The molecule has 0 aromatic heterocycles. The molecule has 582 valence electrons. The predicted molar refractivity (Wildman–Crippen MR) is 400 cm³/mol. The number of unbranched alkanes of at least 4 members (excludes halogenated alkanes) is 40. The Morgan fingerprint density at radius 1 is 0.286 bits per heavy atom. The van der Waals surface area contributed by atoms with E-state index in [9.17, 15) is 43.2 Å². The fraction of sp³-hybridized carbons (Fsp3) is 0.949. The number of esters is 4. The van der Waals surface area contributed by atoms with Gasteiger partial charge in [-0.15, -0.1) is 0 Å². The van der Waals surface area contributed by atoms with Crippen LogP contribution in [0.2, 0.25) is 0 Å². The summed E-state index contributed by atoms with van der Waals surface area (Å²) < 4.78 is 68.6. The van der Waals surface area contributed by atoms with Crippen LogP contribution >= 0.6 is 15.6 Å². The largest absolute Gasteiger partial charge is 0.472 e. The molecule has 0 heterocycles. The van der Waals surface area contributed by atoms with Crippen molar-refractivity contribution in [3.8, 4) is 0 Å². The monoisotopic (exact) mass is 1440 g/mol. The molecule has 0 saturated heterocycles. The fourth-order valence-corrected chi connectivity index (χ4v) is 13.6. The highest BCUT2D eigenvalue weighted by atomic mass is 31.2. The van der Waals surface area contributed by atoms with Crippen molar-refractivity contribution >= 4 is 39.5 Å². The lowest BCUT2D eigenvalue weighted by atomic mass is 9.99. The molecule has 0 aromatic carbocycles. The van der Waals surface area contributed by atoms with Crippen molar-refractivity contribution in [2.75, 3.05) is 39.6 Å². The van der Waals surface area contributed by atoms with Crippen molar-refractivity contribution in [1.29, 1.82) is 0 Å². The summed E-state index contributed by atoms with van der Waals surface area (Å²) in [6.45, 7) is 14.3. The normalized spacial score (nSPS) is 14.6. The van der Waals surface area contributed by atoms with Crippen molar-refractivity contribution in [2.45, 2.75) is 420 Å². The maximum atomic E-state index is 13.1. The van der Waals surface area contributed by atoms with Crippen LogP contribution in [-0.2, 0) is 65.4 Å². The van der Waals surface area contributed by atoms with Crippen LogP contribution in [0.3, 0.4) is 0 Å². The minimum atomic E-state index is -4.96. The van der Waals surface area contributed by atoms with E-state index in [1.54, 1.807) is 0 Å². The smallest absolute Gasteiger partial charge is 0.462 e. The van der Waals surface area contributed by atoms with Gasteiger partial charge < -0.3 is 33.8 Å². The molecule has 0 rings (SSSR count). The molecule has 0 saturated carbocycles. The van der Waals surface area contributed by atoms with Crippen LogP contribution in [0, 0.1) is 23.7 Å². The van der Waals surface area contributed by atoms with Crippen molar-refractivity contribution in [2.24, 2.45) is 23.7 Å². The molecule has 98 heavy (non-hydrogen) atoms. The second kappa shape index (κ2) is 68.2. The number of carbonyl (C=O) groups is 4. The molecular formula is C79H154O17P2. The van der Waals surface area contributed by atoms with Crippen LogP contribution in [0.4, 0.5) is 0 Å². The van der Waals surface area contributed by atoms with Gasteiger partial charge in [-0.2, -0.15) is 0 Å². The average molecular weight is 1440 g/mol. The summed E-state index contributed by atoms with van der Waals surface area (Å²) >= 11 is 0. The lowest BCUT2D eigenvalue weighted by Crippen LogP contribution is -2.30. The summed E-state index contributed by atoms with van der Waals surface area (Å²) in [5.74, 6) is 1.01. The van der Waals surface area contributed by atoms with Gasteiger partial charge in [0.2, 0.25) is 0 Å². The molecule has 7 atom stereocenters. The number of hydrogen-bond acceptors (Lipinski definition) is 15. The van der Waals surface area contributed by atoms with Crippen LogP contribution in [0.1, 0.15) is 402 Å². The summed E-state index contributed by atoms with van der Waals surface area (Å²) in [6.07, 6.45) is 54.1. The Balaban J connectivity index is 5.24. The van der Waals surface area contributed by atoms with Crippen LogP contribution in [0.25, 0.3) is 0 Å². The second-order valence-corrected chi connectivity index (χ2v) is 32.8. The van der Waals surface area contributed by atoms with Crippen LogP contribution in [0.15, 0.2) is 0 Å². The third-order valence-electron chi connectivity index (χ3n) is 19.0. The zero-order chi connectivity index (χ0) is 72.4. The first-order valence-electron chi connectivity index (χ1n) is 40.8. The number of ether oxygens (including phenoxy) is 4. The van der Waals surface area contributed by atoms with E-state index in [-0.39, 0.29) is 25.7 Å². The highest BCUT2D eigenvalue weighted by molar-refractivity contribution is 7.47. The molecular weight excluding hydrogens is 1280 g/mol. The number of phosphoric acid groups is 2. The van der Waals surface area contributed by atoms with E-state index >= 15 is 0 Å². The molecule has 0 aliphatic rings. The predicted octanol–water partition coefficient (Wildman–Crippen LogP) is 23.2. The number of rotatable bonds is 76. The van der Waals surface area contributed by atoms with Gasteiger partial charge >= 0.3 is 39.5 Å². The summed E-state index contributed by atoms with van der Waals surface area (Å²) in [7, 11) is -9.92. The highest BCUT2D eigenvalue weighted by Crippen LogP contribution is 2.45. The van der Waals surface area contributed by atoms with Gasteiger partial charge in [-0.25, -0.2) is 9.13 Å². The fourth-order valence-electron chi connectivity index (χ4n) is 12.0. The number of hydrogen-bond donors (Lipinski definition) is 3. The highest BCUT2D eigenvalue weighted by Gasteiger charge is 2.30. The Morgan fingerprint density at radius 2 is 0.490 bits per heavy atom. The van der Waals surface area contributed by atoms with Crippen molar-refractivity contribution in [1.82, 2.24) is 0 Å². The SMILES string of the molecule is CCC(C)CCCCCCCCCCCCC(=O)O[C@H](COC(=O)CCCCCCCCC(C)CC)COP(=O)(O)OC[C@H](O)COP(=O)(O)OC[C@@H](COC(=O)CCCCCCCCCCCCCCCCCCC(C)C)OC(=O)CCCCCCCCCCCCCCC(C)C. The Kier molecular flexibility index (Phi) is 66.8. The Morgan fingerprint density at radius 3 is 0.724 bits per heavy atom. The molecule has 17 nitrogen and oxygen atoms in total. The third-order valence-corrected chi connectivity index (χ3v) is 20.9. The molecule has 0 fully saturated rings. The number of phosphoric ester groups is 2. The molecule has 0 aliphatic heterocycles. The molecule has 0 bridgehead atoms. The molecule has 4 unspecified atom stereocenters. The molecule has 0 spiro atoms. The molecule has 0 aliphatic carbocycles. The van der Waals surface area contributed by atoms with E-state index in [0.717, 1.165) is 120 Å². The van der Waals surface area contributed by atoms with E-state index in [1.165, 1.54) is 199 Å². The van der Waals surface area contributed by atoms with E-state index in [0.29, 0.717) is 25.7 Å². The summed E-state index contributed by atoms with van der Waals surface area (Å²) in [5.41, 5.74) is 0.